The molecule has 5 nitrogen and oxygen atoms in total. The van der Waals surface area contributed by atoms with E-state index in [0.29, 0.717) is 0 Å². The second-order valence-electron chi connectivity index (χ2n) is 5.47. The number of ether oxygens (including phenoxy) is 2. The molecular formula is C15H13F6NO4. The summed E-state index contributed by atoms with van der Waals surface area (Å²) in [5.74, 6) is -10.6. The molecule has 144 valence electrons. The number of rotatable bonds is 4. The van der Waals surface area contributed by atoms with Gasteiger partial charge in [0, 0.05) is 6.42 Å². The van der Waals surface area contributed by atoms with Crippen molar-refractivity contribution in [1.82, 2.24) is 4.90 Å². The summed E-state index contributed by atoms with van der Waals surface area (Å²) < 4.78 is 87.2. The molecule has 1 aromatic carbocycles. The van der Waals surface area contributed by atoms with Gasteiger partial charge >= 0.3 is 24.0 Å². The van der Waals surface area contributed by atoms with Crippen LogP contribution in [0.4, 0.5) is 26.3 Å². The molecule has 0 aliphatic carbocycles. The summed E-state index contributed by atoms with van der Waals surface area (Å²) in [4.78, 5) is 23.5. The summed E-state index contributed by atoms with van der Waals surface area (Å²) in [6.45, 7) is -0.765. The molecule has 11 heteroatoms. The summed E-state index contributed by atoms with van der Waals surface area (Å²) in [6.07, 6.45) is -7.74. The van der Waals surface area contributed by atoms with Gasteiger partial charge in [0.25, 0.3) is 0 Å². The maximum absolute atomic E-state index is 13.6. The molecule has 2 unspecified atom stereocenters. The van der Waals surface area contributed by atoms with Gasteiger partial charge in [-0.25, -0.2) is 9.18 Å². The molecule has 0 spiro atoms. The number of likely N-dealkylation sites (tertiary alicyclic amines) is 1. The van der Waals surface area contributed by atoms with Crippen LogP contribution in [0.1, 0.15) is 6.42 Å². The van der Waals surface area contributed by atoms with E-state index < -0.39 is 54.9 Å². The Hall–Kier alpha value is -2.46. The van der Waals surface area contributed by atoms with Gasteiger partial charge in [0.15, 0.2) is 11.6 Å². The van der Waals surface area contributed by atoms with Crippen molar-refractivity contribution in [2.24, 2.45) is 0 Å². The van der Waals surface area contributed by atoms with Crippen LogP contribution < -0.4 is 4.74 Å². The molecule has 1 heterocycles. The first-order valence-electron chi connectivity index (χ1n) is 7.23. The highest BCUT2D eigenvalue weighted by Crippen LogP contribution is 2.39. The van der Waals surface area contributed by atoms with Crippen molar-refractivity contribution in [3.05, 3.63) is 30.1 Å². The Morgan fingerprint density at radius 2 is 1.77 bits per heavy atom. The van der Waals surface area contributed by atoms with Crippen molar-refractivity contribution in [1.29, 1.82) is 0 Å². The molecule has 2 rings (SSSR count). The molecule has 1 saturated heterocycles. The van der Waals surface area contributed by atoms with E-state index >= 15 is 0 Å². The van der Waals surface area contributed by atoms with Crippen molar-refractivity contribution in [3.8, 4) is 5.75 Å². The molecule has 1 aliphatic rings. The summed E-state index contributed by atoms with van der Waals surface area (Å²) >= 11 is 0. The van der Waals surface area contributed by atoms with Crippen LogP contribution in [0.25, 0.3) is 0 Å². The molecular weight excluding hydrogens is 372 g/mol. The first-order valence-corrected chi connectivity index (χ1v) is 7.23. The van der Waals surface area contributed by atoms with Crippen LogP contribution in [-0.2, 0) is 14.3 Å². The zero-order valence-corrected chi connectivity index (χ0v) is 13.2. The number of hydrogen-bond donors (Lipinski definition) is 0. The van der Waals surface area contributed by atoms with Gasteiger partial charge < -0.3 is 14.4 Å². The fraction of sp³-hybridized carbons (Fsp3) is 0.467. The van der Waals surface area contributed by atoms with Gasteiger partial charge in [0.2, 0.25) is 0 Å². The Bertz CT molecular complexity index is 693. The fourth-order valence-electron chi connectivity index (χ4n) is 2.49. The number of para-hydroxylation sites is 1. The number of carbonyl (C=O) groups is 2. The molecule has 2 atom stereocenters. The van der Waals surface area contributed by atoms with E-state index in [1.807, 2.05) is 0 Å². The van der Waals surface area contributed by atoms with Crippen molar-refractivity contribution < 1.29 is 45.4 Å². The Labute approximate surface area is 143 Å². The topological polar surface area (TPSA) is 55.8 Å². The van der Waals surface area contributed by atoms with Crippen molar-refractivity contribution >= 4 is 11.9 Å². The lowest BCUT2D eigenvalue weighted by Crippen LogP contribution is -2.55. The van der Waals surface area contributed by atoms with E-state index in [-0.39, 0.29) is 10.6 Å². The summed E-state index contributed by atoms with van der Waals surface area (Å²) in [7, 11) is 0.887. The highest BCUT2D eigenvalue weighted by atomic mass is 19.4. The van der Waals surface area contributed by atoms with Crippen LogP contribution in [-0.4, -0.2) is 54.7 Å². The minimum absolute atomic E-state index is 0.0465. The van der Waals surface area contributed by atoms with E-state index in [0.717, 1.165) is 13.2 Å². The van der Waals surface area contributed by atoms with E-state index in [4.69, 9.17) is 4.74 Å². The monoisotopic (exact) mass is 385 g/mol. The van der Waals surface area contributed by atoms with Gasteiger partial charge in [-0.15, -0.1) is 0 Å². The zero-order chi connectivity index (χ0) is 19.7. The van der Waals surface area contributed by atoms with Crippen LogP contribution >= 0.6 is 0 Å². The maximum atomic E-state index is 13.6. The lowest BCUT2D eigenvalue weighted by molar-refractivity contribution is -0.274. The van der Waals surface area contributed by atoms with E-state index in [1.165, 1.54) is 18.2 Å². The van der Waals surface area contributed by atoms with Crippen LogP contribution in [0.5, 0.6) is 5.75 Å². The highest BCUT2D eigenvalue weighted by Gasteiger charge is 2.66. The molecule has 0 bridgehead atoms. The van der Waals surface area contributed by atoms with Gasteiger partial charge in [-0.1, -0.05) is 12.1 Å². The lowest BCUT2D eigenvalue weighted by atomic mass is 10.2. The maximum Gasteiger partial charge on any atom is 0.463 e. The number of methoxy groups -OCH3 is 1. The first-order chi connectivity index (χ1) is 12.0. The lowest BCUT2D eigenvalue weighted by Gasteiger charge is -2.27. The van der Waals surface area contributed by atoms with Gasteiger partial charge in [-0.3, -0.25) is 4.79 Å². The number of alkyl halides is 5. The quantitative estimate of drug-likeness (QED) is 0.591. The van der Waals surface area contributed by atoms with E-state index in [9.17, 15) is 35.9 Å². The molecule has 0 aromatic heterocycles. The molecule has 0 N–H and O–H groups in total. The minimum atomic E-state index is -6.13. The van der Waals surface area contributed by atoms with Gasteiger partial charge in [-0.2, -0.15) is 22.0 Å². The molecule has 26 heavy (non-hydrogen) atoms. The minimum Gasteiger partial charge on any atom is -0.485 e. The Balaban J connectivity index is 2.25. The second kappa shape index (κ2) is 7.04. The largest absolute Gasteiger partial charge is 0.485 e. The summed E-state index contributed by atoms with van der Waals surface area (Å²) in [5.41, 5.74) is 0. The average Bonchev–Trinajstić information content (AvgIpc) is 2.98. The number of benzene rings is 1. The SMILES string of the molecule is COC(=O)C1CC(Oc2ccccc2F)CN1C(=O)C(F)(F)C(F)(F)F. The predicted molar refractivity (Wildman–Crippen MR) is 74.0 cm³/mol. The highest BCUT2D eigenvalue weighted by molar-refractivity contribution is 5.90. The molecule has 0 radical (unpaired) electrons. The normalized spacial score (nSPS) is 20.8. The second-order valence-corrected chi connectivity index (χ2v) is 5.47. The van der Waals surface area contributed by atoms with Crippen LogP contribution in [0.2, 0.25) is 0 Å². The third-order valence-electron chi connectivity index (χ3n) is 3.75. The number of amides is 1. The van der Waals surface area contributed by atoms with Crippen LogP contribution in [0.3, 0.4) is 0 Å². The molecule has 0 saturated carbocycles. The smallest absolute Gasteiger partial charge is 0.463 e. The summed E-state index contributed by atoms with van der Waals surface area (Å²) in [6, 6.07) is 3.30. The van der Waals surface area contributed by atoms with Gasteiger partial charge in [-0.05, 0) is 12.1 Å². The molecule has 1 amide bonds. The predicted octanol–water partition coefficient (Wildman–Crippen LogP) is 2.54. The Morgan fingerprint density at radius 1 is 1.15 bits per heavy atom. The van der Waals surface area contributed by atoms with E-state index in [1.54, 1.807) is 0 Å². The van der Waals surface area contributed by atoms with Crippen LogP contribution in [0, 0.1) is 5.82 Å². The third kappa shape index (κ3) is 3.70. The number of carbonyl (C=O) groups excluding carboxylic acids is 2. The molecule has 1 aliphatic heterocycles. The number of hydrogen-bond acceptors (Lipinski definition) is 4. The van der Waals surface area contributed by atoms with Crippen molar-refractivity contribution in [3.63, 3.8) is 0 Å². The van der Waals surface area contributed by atoms with Crippen molar-refractivity contribution in [2.75, 3.05) is 13.7 Å². The zero-order valence-electron chi connectivity index (χ0n) is 13.2. The number of nitrogens with zero attached hydrogens (tertiary/aromatic N) is 1. The third-order valence-corrected chi connectivity index (χ3v) is 3.75. The summed E-state index contributed by atoms with van der Waals surface area (Å²) in [5, 5.41) is 0. The van der Waals surface area contributed by atoms with E-state index in [2.05, 4.69) is 4.74 Å². The average molecular weight is 385 g/mol. The molecule has 1 fully saturated rings. The number of halogens is 6. The first kappa shape index (κ1) is 19.9. The standard InChI is InChI=1S/C15H13F6NO4/c1-25-12(23)10-6-8(26-11-5-3-2-4-9(11)16)7-22(10)13(24)14(17,18)15(19,20)21/h2-5,8,10H,6-7H2,1H3. The molecule has 1 aromatic rings. The van der Waals surface area contributed by atoms with Gasteiger partial charge in [0.1, 0.15) is 12.1 Å². The fourth-order valence-corrected chi connectivity index (χ4v) is 2.49. The van der Waals surface area contributed by atoms with Gasteiger partial charge in [0.05, 0.1) is 13.7 Å². The number of esters is 1. The Kier molecular flexibility index (Phi) is 5.38. The van der Waals surface area contributed by atoms with Crippen molar-refractivity contribution in [2.45, 2.75) is 30.7 Å². The Morgan fingerprint density at radius 3 is 2.31 bits per heavy atom. The van der Waals surface area contributed by atoms with Crippen LogP contribution in [0.15, 0.2) is 24.3 Å².